The lowest BCUT2D eigenvalue weighted by atomic mass is 9.88. The van der Waals surface area contributed by atoms with Gasteiger partial charge in [-0.1, -0.05) is 36.4 Å². The summed E-state index contributed by atoms with van der Waals surface area (Å²) >= 11 is 0. The third-order valence-electron chi connectivity index (χ3n) is 5.59. The molecule has 3 atom stereocenters. The maximum absolute atomic E-state index is 13.0. The molecular weight excluding hydrogens is 426 g/mol. The fourth-order valence-corrected chi connectivity index (χ4v) is 3.92. The van der Waals surface area contributed by atoms with Crippen molar-refractivity contribution in [2.45, 2.75) is 50.6 Å². The number of hydrogen-bond donors (Lipinski definition) is 0. The lowest BCUT2D eigenvalue weighted by molar-refractivity contribution is -0.198. The van der Waals surface area contributed by atoms with Crippen molar-refractivity contribution in [3.8, 4) is 0 Å². The first-order chi connectivity index (χ1) is 15.3. The van der Waals surface area contributed by atoms with Gasteiger partial charge in [0, 0.05) is 6.54 Å². The number of fused-ring (bicyclic) bond motifs is 1. The van der Waals surface area contributed by atoms with Crippen LogP contribution >= 0.6 is 0 Å². The van der Waals surface area contributed by atoms with E-state index in [0.29, 0.717) is 13.0 Å². The van der Waals surface area contributed by atoms with Gasteiger partial charge in [0.25, 0.3) is 0 Å². The Labute approximate surface area is 185 Å². The first kappa shape index (κ1) is 24.2. The van der Waals surface area contributed by atoms with E-state index < -0.39 is 18.9 Å². The zero-order chi connectivity index (χ0) is 23.1. The van der Waals surface area contributed by atoms with Gasteiger partial charge in [-0.25, -0.2) is 4.39 Å². The Morgan fingerprint density at radius 2 is 1.84 bits per heavy atom. The van der Waals surface area contributed by atoms with Crippen LogP contribution in [0.5, 0.6) is 0 Å². The zero-order valence-corrected chi connectivity index (χ0v) is 17.9. The van der Waals surface area contributed by atoms with Crippen LogP contribution in [0.4, 0.5) is 17.6 Å². The molecule has 174 valence electrons. The van der Waals surface area contributed by atoms with Crippen LogP contribution < -0.4 is 0 Å². The predicted octanol–water partition coefficient (Wildman–Crippen LogP) is 5.06. The van der Waals surface area contributed by atoms with E-state index in [9.17, 15) is 22.4 Å². The largest absolute Gasteiger partial charge is 0.411 e. The first-order valence-electron chi connectivity index (χ1n) is 10.6. The van der Waals surface area contributed by atoms with Gasteiger partial charge in [-0.3, -0.25) is 4.79 Å². The number of hydrogen-bond acceptors (Lipinski definition) is 3. The Bertz CT molecular complexity index is 864. The summed E-state index contributed by atoms with van der Waals surface area (Å²) in [6, 6.07) is 14.4. The molecule has 2 aliphatic rings. The lowest BCUT2D eigenvalue weighted by Crippen LogP contribution is -2.34. The number of nitrogens with zero attached hydrogens (tertiary/aromatic N) is 1. The third kappa shape index (κ3) is 6.77. The van der Waals surface area contributed by atoms with E-state index in [0.717, 1.165) is 30.4 Å². The highest BCUT2D eigenvalue weighted by Crippen LogP contribution is 2.34. The number of carbonyl (C=O) groups excluding carboxylic acids is 1. The summed E-state index contributed by atoms with van der Waals surface area (Å²) in [7, 11) is 0. The molecule has 32 heavy (non-hydrogen) atoms. The number of halogens is 4. The molecule has 2 aromatic rings. The van der Waals surface area contributed by atoms with Crippen molar-refractivity contribution < 1.29 is 31.8 Å². The van der Waals surface area contributed by atoms with Crippen LogP contribution in [0.2, 0.25) is 0 Å². The van der Waals surface area contributed by atoms with Crippen LogP contribution in [0.1, 0.15) is 42.5 Å². The number of ether oxygens (including phenoxy) is 2. The van der Waals surface area contributed by atoms with Crippen LogP contribution in [0, 0.1) is 5.82 Å². The number of amides is 1. The maximum Gasteiger partial charge on any atom is 0.411 e. The van der Waals surface area contributed by atoms with E-state index in [2.05, 4.69) is 10.8 Å². The van der Waals surface area contributed by atoms with Gasteiger partial charge >= 0.3 is 6.18 Å². The molecule has 0 saturated carbocycles. The zero-order valence-electron chi connectivity index (χ0n) is 17.9. The molecule has 0 radical (unpaired) electrons. The predicted molar refractivity (Wildman–Crippen MR) is 112 cm³/mol. The molecule has 4 rings (SSSR count). The average Bonchev–Trinajstić information content (AvgIpc) is 2.78. The minimum Gasteiger partial charge on any atom is -0.376 e. The topological polar surface area (TPSA) is 38.8 Å². The number of rotatable bonds is 4. The molecule has 0 N–H and O–H groups in total. The lowest BCUT2D eigenvalue weighted by Gasteiger charge is -2.35. The van der Waals surface area contributed by atoms with Gasteiger partial charge in [-0.2, -0.15) is 13.2 Å². The normalized spacial score (nSPS) is 23.0. The summed E-state index contributed by atoms with van der Waals surface area (Å²) in [6.45, 7) is 1.70. The van der Waals surface area contributed by atoms with Crippen molar-refractivity contribution in [1.29, 1.82) is 0 Å². The fourth-order valence-electron chi connectivity index (χ4n) is 3.92. The Balaban J connectivity index is 0.000000195. The highest BCUT2D eigenvalue weighted by Gasteiger charge is 2.30. The summed E-state index contributed by atoms with van der Waals surface area (Å²) in [5, 5.41) is 0. The third-order valence-corrected chi connectivity index (χ3v) is 5.59. The van der Waals surface area contributed by atoms with Crippen molar-refractivity contribution in [3.63, 3.8) is 0 Å². The molecule has 2 heterocycles. The number of benzene rings is 2. The van der Waals surface area contributed by atoms with Crippen LogP contribution in [0.25, 0.3) is 0 Å². The van der Waals surface area contributed by atoms with Gasteiger partial charge in [0.1, 0.15) is 12.4 Å². The molecule has 1 amide bonds. The molecule has 8 heteroatoms. The molecule has 0 aromatic heterocycles. The molecule has 2 aromatic carbocycles. The van der Waals surface area contributed by atoms with Crippen molar-refractivity contribution in [1.82, 2.24) is 4.90 Å². The highest BCUT2D eigenvalue weighted by atomic mass is 19.4. The molecule has 1 saturated heterocycles. The molecule has 0 bridgehead atoms. The quantitative estimate of drug-likeness (QED) is 0.480. The molecule has 4 nitrogen and oxygen atoms in total. The van der Waals surface area contributed by atoms with Crippen molar-refractivity contribution in [2.75, 3.05) is 19.8 Å². The smallest absolute Gasteiger partial charge is 0.376 e. The second-order valence-corrected chi connectivity index (χ2v) is 8.02. The van der Waals surface area contributed by atoms with Crippen molar-refractivity contribution >= 4 is 6.41 Å². The maximum atomic E-state index is 13.0. The summed E-state index contributed by atoms with van der Waals surface area (Å²) in [6.07, 6.45) is -1.32. The summed E-state index contributed by atoms with van der Waals surface area (Å²) < 4.78 is 58.0. The second-order valence-electron chi connectivity index (χ2n) is 8.02. The molecule has 1 fully saturated rings. The fraction of sp³-hybridized carbons (Fsp3) is 0.458. The van der Waals surface area contributed by atoms with Gasteiger partial charge in [-0.05, 0) is 55.0 Å². The molecule has 0 aliphatic carbocycles. The van der Waals surface area contributed by atoms with E-state index in [-0.39, 0.29) is 24.6 Å². The first-order valence-corrected chi connectivity index (χ1v) is 10.6. The highest BCUT2D eigenvalue weighted by molar-refractivity contribution is 5.54. The van der Waals surface area contributed by atoms with Crippen molar-refractivity contribution in [3.05, 3.63) is 71.0 Å². The SMILES string of the molecule is CC1CCC(OCC(F)(F)F)CO1.O=CN1CCc2ccccc2[C@@H]1c1ccc(F)cc1. The molecule has 2 aliphatic heterocycles. The van der Waals surface area contributed by atoms with E-state index in [1.165, 1.54) is 17.7 Å². The van der Waals surface area contributed by atoms with Gasteiger partial charge in [0.15, 0.2) is 0 Å². The molecule has 0 spiro atoms. The minimum atomic E-state index is -4.23. The number of carbonyl (C=O) groups is 1. The van der Waals surface area contributed by atoms with E-state index in [4.69, 9.17) is 4.74 Å². The minimum absolute atomic E-state index is 0.108. The van der Waals surface area contributed by atoms with E-state index >= 15 is 0 Å². The average molecular weight is 453 g/mol. The standard InChI is InChI=1S/C16H14FNO.C8H13F3O2/c17-14-7-5-13(6-8-14)16-15-4-2-1-3-12(15)9-10-18(16)11-19;1-6-2-3-7(4-12-6)13-5-8(9,10)11/h1-8,11,16H,9-10H2;6-7H,2-5H2,1H3/t16-;/m0./s1. The van der Waals surface area contributed by atoms with E-state index in [1.807, 2.05) is 25.1 Å². The van der Waals surface area contributed by atoms with Crippen LogP contribution in [0.3, 0.4) is 0 Å². The number of alkyl halides is 3. The van der Waals surface area contributed by atoms with Crippen LogP contribution in [-0.2, 0) is 20.7 Å². The summed E-state index contributed by atoms with van der Waals surface area (Å²) in [5.74, 6) is -0.259. The van der Waals surface area contributed by atoms with Gasteiger partial charge in [0.05, 0.1) is 24.9 Å². The Morgan fingerprint density at radius 1 is 1.12 bits per heavy atom. The Kier molecular flexibility index (Phi) is 8.26. The van der Waals surface area contributed by atoms with E-state index in [1.54, 1.807) is 17.0 Å². The van der Waals surface area contributed by atoms with Gasteiger partial charge in [-0.15, -0.1) is 0 Å². The second kappa shape index (κ2) is 10.9. The van der Waals surface area contributed by atoms with Gasteiger partial charge in [0.2, 0.25) is 6.41 Å². The Hall–Kier alpha value is -2.45. The summed E-state index contributed by atoms with van der Waals surface area (Å²) in [5.41, 5.74) is 3.34. The monoisotopic (exact) mass is 453 g/mol. The summed E-state index contributed by atoms with van der Waals surface area (Å²) in [4.78, 5) is 13.0. The van der Waals surface area contributed by atoms with Crippen LogP contribution in [0.15, 0.2) is 48.5 Å². The van der Waals surface area contributed by atoms with Gasteiger partial charge < -0.3 is 14.4 Å². The Morgan fingerprint density at radius 3 is 2.47 bits per heavy atom. The van der Waals surface area contributed by atoms with Crippen LogP contribution in [-0.4, -0.2) is 49.5 Å². The molecule has 2 unspecified atom stereocenters. The molecular formula is C24H27F4NO3. The van der Waals surface area contributed by atoms with Crippen molar-refractivity contribution in [2.24, 2.45) is 0 Å².